The van der Waals surface area contributed by atoms with Crippen LogP contribution in [0.4, 0.5) is 5.82 Å². The summed E-state index contributed by atoms with van der Waals surface area (Å²) in [4.78, 5) is 28.3. The number of carbonyl (C=O) groups is 1. The fourth-order valence-corrected chi connectivity index (χ4v) is 4.78. The highest BCUT2D eigenvalue weighted by atomic mass is 35.5. The monoisotopic (exact) mass is 419 g/mol. The minimum atomic E-state index is 0.0454. The van der Waals surface area contributed by atoms with Crippen molar-refractivity contribution in [3.8, 4) is 0 Å². The Morgan fingerprint density at radius 2 is 1.89 bits per heavy atom. The number of likely N-dealkylation sites (tertiary alicyclic amines) is 1. The van der Waals surface area contributed by atoms with Crippen LogP contribution in [0.25, 0.3) is 0 Å². The fraction of sp³-hybridized carbons (Fsp3) is 0.550. The summed E-state index contributed by atoms with van der Waals surface area (Å²) >= 11 is 8.22. The molecule has 0 bridgehead atoms. The van der Waals surface area contributed by atoms with E-state index in [1.165, 1.54) is 6.42 Å². The van der Waals surface area contributed by atoms with Crippen LogP contribution in [0.3, 0.4) is 0 Å². The molecule has 6 nitrogen and oxygen atoms in total. The van der Waals surface area contributed by atoms with Gasteiger partial charge in [-0.05, 0) is 32.3 Å². The van der Waals surface area contributed by atoms with Crippen LogP contribution in [-0.2, 0) is 6.54 Å². The number of amides is 1. The van der Waals surface area contributed by atoms with Crippen molar-refractivity contribution in [2.75, 3.05) is 44.2 Å². The molecule has 4 rings (SSSR count). The summed E-state index contributed by atoms with van der Waals surface area (Å²) in [5.41, 5.74) is 1.74. The molecule has 2 aliphatic heterocycles. The third kappa shape index (κ3) is 4.47. The number of rotatable bonds is 4. The summed E-state index contributed by atoms with van der Waals surface area (Å²) in [6, 6.07) is 1.78. The second-order valence-corrected chi connectivity index (χ2v) is 8.97. The molecule has 0 aromatic carbocycles. The van der Waals surface area contributed by atoms with Gasteiger partial charge in [0.05, 0.1) is 21.3 Å². The van der Waals surface area contributed by atoms with E-state index in [9.17, 15) is 4.79 Å². The minimum absolute atomic E-state index is 0.0454. The summed E-state index contributed by atoms with van der Waals surface area (Å²) in [6.07, 6.45) is 5.05. The normalized spacial score (nSPS) is 18.5. The standard InChI is InChI=1S/C20H26ClN5OS/c1-15-23-17(14-28-15)13-24-7-9-25(10-8-24)19-18(21)11-16(12-22-19)20(27)26-5-3-2-4-6-26/h11-12,14H,2-10,13H2,1H3. The van der Waals surface area contributed by atoms with Crippen molar-refractivity contribution in [1.29, 1.82) is 0 Å². The van der Waals surface area contributed by atoms with Crippen molar-refractivity contribution >= 4 is 34.7 Å². The molecule has 0 spiro atoms. The van der Waals surface area contributed by atoms with E-state index in [1.807, 2.05) is 11.8 Å². The van der Waals surface area contributed by atoms with Crippen LogP contribution < -0.4 is 4.90 Å². The summed E-state index contributed by atoms with van der Waals surface area (Å²) < 4.78 is 0. The number of thiazole rings is 1. The molecule has 0 unspecified atom stereocenters. The van der Waals surface area contributed by atoms with Gasteiger partial charge in [0, 0.05) is 57.4 Å². The van der Waals surface area contributed by atoms with Gasteiger partial charge in [0.2, 0.25) is 0 Å². The second-order valence-electron chi connectivity index (χ2n) is 7.50. The highest BCUT2D eigenvalue weighted by Crippen LogP contribution is 2.26. The molecule has 2 aromatic rings. The third-order valence-electron chi connectivity index (χ3n) is 5.44. The van der Waals surface area contributed by atoms with Crippen molar-refractivity contribution < 1.29 is 4.79 Å². The van der Waals surface area contributed by atoms with E-state index < -0.39 is 0 Å². The summed E-state index contributed by atoms with van der Waals surface area (Å²) in [6.45, 7) is 8.23. The number of hydrogen-bond acceptors (Lipinski definition) is 6. The molecule has 2 aliphatic rings. The van der Waals surface area contributed by atoms with Crippen molar-refractivity contribution in [1.82, 2.24) is 19.8 Å². The van der Waals surface area contributed by atoms with E-state index in [-0.39, 0.29) is 5.91 Å². The Hall–Kier alpha value is -1.70. The fourth-order valence-electron chi connectivity index (χ4n) is 3.89. The van der Waals surface area contributed by atoms with Gasteiger partial charge < -0.3 is 9.80 Å². The van der Waals surface area contributed by atoms with Crippen LogP contribution >= 0.6 is 22.9 Å². The van der Waals surface area contributed by atoms with Crippen LogP contribution in [0.2, 0.25) is 5.02 Å². The van der Waals surface area contributed by atoms with E-state index in [2.05, 4.69) is 25.1 Å². The van der Waals surface area contributed by atoms with Crippen LogP contribution in [0.1, 0.15) is 40.3 Å². The number of carbonyl (C=O) groups excluding carboxylic acids is 1. The molecule has 0 radical (unpaired) electrons. The first-order valence-electron chi connectivity index (χ1n) is 9.93. The Kier molecular flexibility index (Phi) is 6.13. The molecule has 28 heavy (non-hydrogen) atoms. The number of piperidine rings is 1. The van der Waals surface area contributed by atoms with Crippen LogP contribution in [0, 0.1) is 6.92 Å². The van der Waals surface area contributed by atoms with Gasteiger partial charge in [0.1, 0.15) is 5.82 Å². The molecule has 2 saturated heterocycles. The zero-order valence-corrected chi connectivity index (χ0v) is 17.8. The lowest BCUT2D eigenvalue weighted by Gasteiger charge is -2.35. The zero-order valence-electron chi connectivity index (χ0n) is 16.2. The number of hydrogen-bond donors (Lipinski definition) is 0. The smallest absolute Gasteiger partial charge is 0.255 e. The number of aryl methyl sites for hydroxylation is 1. The SMILES string of the molecule is Cc1nc(CN2CCN(c3ncc(C(=O)N4CCCCC4)cc3Cl)CC2)cs1. The van der Waals surface area contributed by atoms with Gasteiger partial charge in [-0.1, -0.05) is 11.6 Å². The average Bonchev–Trinajstić information content (AvgIpc) is 3.13. The van der Waals surface area contributed by atoms with E-state index in [0.29, 0.717) is 10.6 Å². The summed E-state index contributed by atoms with van der Waals surface area (Å²) in [5, 5.41) is 3.81. The highest BCUT2D eigenvalue weighted by Gasteiger charge is 2.23. The average molecular weight is 420 g/mol. The molecule has 0 aliphatic carbocycles. The molecule has 0 atom stereocenters. The van der Waals surface area contributed by atoms with Gasteiger partial charge in [-0.2, -0.15) is 0 Å². The van der Waals surface area contributed by atoms with Gasteiger partial charge in [0.25, 0.3) is 5.91 Å². The van der Waals surface area contributed by atoms with Crippen molar-refractivity contribution in [3.63, 3.8) is 0 Å². The predicted molar refractivity (Wildman–Crippen MR) is 113 cm³/mol. The Bertz CT molecular complexity index is 828. The maximum Gasteiger partial charge on any atom is 0.255 e. The number of nitrogens with zero attached hydrogens (tertiary/aromatic N) is 5. The maximum atomic E-state index is 12.7. The molecule has 2 fully saturated rings. The Morgan fingerprint density at radius 3 is 2.54 bits per heavy atom. The van der Waals surface area contributed by atoms with E-state index >= 15 is 0 Å². The van der Waals surface area contributed by atoms with Crippen LogP contribution in [0.15, 0.2) is 17.6 Å². The Morgan fingerprint density at radius 1 is 1.14 bits per heavy atom. The predicted octanol–water partition coefficient (Wildman–Crippen LogP) is 3.45. The number of aromatic nitrogens is 2. The van der Waals surface area contributed by atoms with E-state index in [0.717, 1.165) is 75.2 Å². The second kappa shape index (κ2) is 8.76. The lowest BCUT2D eigenvalue weighted by atomic mass is 10.1. The summed E-state index contributed by atoms with van der Waals surface area (Å²) in [5.74, 6) is 0.824. The Balaban J connectivity index is 1.36. The number of piperazine rings is 1. The zero-order chi connectivity index (χ0) is 19.5. The first-order chi connectivity index (χ1) is 13.6. The number of anilines is 1. The van der Waals surface area contributed by atoms with Gasteiger partial charge >= 0.3 is 0 Å². The first-order valence-corrected chi connectivity index (χ1v) is 11.2. The molecule has 0 N–H and O–H groups in total. The number of halogens is 1. The molecular weight excluding hydrogens is 394 g/mol. The Labute approximate surface area is 175 Å². The van der Waals surface area contributed by atoms with E-state index in [1.54, 1.807) is 23.6 Å². The van der Waals surface area contributed by atoms with Gasteiger partial charge in [0.15, 0.2) is 0 Å². The van der Waals surface area contributed by atoms with Gasteiger partial charge in [-0.15, -0.1) is 11.3 Å². The quantitative estimate of drug-likeness (QED) is 0.759. The largest absolute Gasteiger partial charge is 0.353 e. The molecule has 2 aromatic heterocycles. The molecular formula is C20H26ClN5OS. The van der Waals surface area contributed by atoms with E-state index in [4.69, 9.17) is 11.6 Å². The third-order valence-corrected chi connectivity index (χ3v) is 6.54. The molecule has 8 heteroatoms. The lowest BCUT2D eigenvalue weighted by Crippen LogP contribution is -2.46. The number of pyridine rings is 1. The van der Waals surface area contributed by atoms with Crippen molar-refractivity contribution in [2.45, 2.75) is 32.7 Å². The lowest BCUT2D eigenvalue weighted by molar-refractivity contribution is 0.0724. The topological polar surface area (TPSA) is 52.6 Å². The molecule has 1 amide bonds. The maximum absolute atomic E-state index is 12.7. The minimum Gasteiger partial charge on any atom is -0.353 e. The van der Waals surface area contributed by atoms with Crippen molar-refractivity contribution in [2.24, 2.45) is 0 Å². The van der Waals surface area contributed by atoms with Gasteiger partial charge in [-0.25, -0.2) is 9.97 Å². The van der Waals surface area contributed by atoms with Crippen LogP contribution in [0.5, 0.6) is 0 Å². The van der Waals surface area contributed by atoms with Gasteiger partial charge in [-0.3, -0.25) is 9.69 Å². The van der Waals surface area contributed by atoms with Crippen molar-refractivity contribution in [3.05, 3.63) is 38.9 Å². The summed E-state index contributed by atoms with van der Waals surface area (Å²) in [7, 11) is 0. The molecule has 4 heterocycles. The highest BCUT2D eigenvalue weighted by molar-refractivity contribution is 7.09. The molecule has 150 valence electrons. The first kappa shape index (κ1) is 19.6. The van der Waals surface area contributed by atoms with Crippen LogP contribution in [-0.4, -0.2) is 64.9 Å². The molecule has 0 saturated carbocycles.